The largest absolute Gasteiger partial charge is 0.396 e. The number of hydrogen-bond donors (Lipinski definition) is 2. The van der Waals surface area contributed by atoms with Gasteiger partial charge in [-0.25, -0.2) is 0 Å². The van der Waals surface area contributed by atoms with Gasteiger partial charge in [-0.15, -0.1) is 0 Å². The second-order valence-electron chi connectivity index (χ2n) is 5.26. The van der Waals surface area contributed by atoms with Gasteiger partial charge >= 0.3 is 0 Å². The van der Waals surface area contributed by atoms with E-state index < -0.39 is 0 Å². The molecule has 3 heteroatoms. The number of rotatable bonds is 7. The van der Waals surface area contributed by atoms with Gasteiger partial charge in [0, 0.05) is 19.1 Å². The summed E-state index contributed by atoms with van der Waals surface area (Å²) >= 11 is 0. The van der Waals surface area contributed by atoms with Crippen molar-refractivity contribution in [1.82, 2.24) is 0 Å². The summed E-state index contributed by atoms with van der Waals surface area (Å²) in [5, 5.41) is 18.4. The summed E-state index contributed by atoms with van der Waals surface area (Å²) in [5.41, 5.74) is 1.15. The third-order valence-electron chi connectivity index (χ3n) is 3.77. The van der Waals surface area contributed by atoms with Crippen LogP contribution in [0.2, 0.25) is 0 Å². The van der Waals surface area contributed by atoms with Crippen LogP contribution < -0.4 is 0 Å². The first-order chi connectivity index (χ1) is 8.76. The molecular weight excluding hydrogens is 228 g/mol. The highest BCUT2D eigenvalue weighted by Gasteiger charge is 2.44. The van der Waals surface area contributed by atoms with E-state index in [0.29, 0.717) is 18.4 Å². The summed E-state index contributed by atoms with van der Waals surface area (Å²) in [4.78, 5) is 0. The summed E-state index contributed by atoms with van der Waals surface area (Å²) in [7, 11) is 0. The minimum Gasteiger partial charge on any atom is -0.396 e. The zero-order chi connectivity index (χ0) is 13.0. The van der Waals surface area contributed by atoms with Gasteiger partial charge in [-0.1, -0.05) is 37.3 Å². The fraction of sp³-hybridized carbons (Fsp3) is 0.600. The molecule has 0 unspecified atom stereocenters. The Balaban J connectivity index is 1.90. The van der Waals surface area contributed by atoms with Crippen LogP contribution in [0, 0.1) is 17.8 Å². The van der Waals surface area contributed by atoms with Crippen LogP contribution in [0.3, 0.4) is 0 Å². The lowest BCUT2D eigenvalue weighted by Gasteiger charge is -2.23. The van der Waals surface area contributed by atoms with Crippen LogP contribution >= 0.6 is 0 Å². The zero-order valence-electron chi connectivity index (χ0n) is 10.8. The van der Waals surface area contributed by atoms with E-state index in [2.05, 4.69) is 0 Å². The Hall–Kier alpha value is -0.900. The van der Waals surface area contributed by atoms with E-state index in [1.54, 1.807) is 0 Å². The molecule has 0 amide bonds. The smallest absolute Gasteiger partial charge is 0.0720 e. The predicted octanol–water partition coefficient (Wildman–Crippen LogP) is 1.83. The topological polar surface area (TPSA) is 49.7 Å². The Bertz CT molecular complexity index is 352. The van der Waals surface area contributed by atoms with Crippen molar-refractivity contribution in [2.24, 2.45) is 17.8 Å². The van der Waals surface area contributed by atoms with Crippen LogP contribution in [-0.2, 0) is 11.3 Å². The second kappa shape index (κ2) is 6.32. The molecule has 4 atom stereocenters. The molecule has 1 saturated carbocycles. The predicted molar refractivity (Wildman–Crippen MR) is 70.0 cm³/mol. The van der Waals surface area contributed by atoms with Gasteiger partial charge in [0.25, 0.3) is 0 Å². The standard InChI is InChI=1S/C15H22O3/c1-11(8-16)15(14-7-13(14)9-17)18-10-12-5-3-2-4-6-12/h2-6,11,13-17H,7-10H2,1H3/t11-,13-,14+,15-/m1/s1. The van der Waals surface area contributed by atoms with Crippen LogP contribution in [0.25, 0.3) is 0 Å². The quantitative estimate of drug-likeness (QED) is 0.776. The molecule has 0 bridgehead atoms. The molecule has 0 heterocycles. The maximum absolute atomic E-state index is 9.30. The molecule has 2 N–H and O–H groups in total. The number of benzene rings is 1. The second-order valence-corrected chi connectivity index (χ2v) is 5.26. The highest BCUT2D eigenvalue weighted by atomic mass is 16.5. The average Bonchev–Trinajstić information content (AvgIpc) is 3.19. The molecule has 1 fully saturated rings. The molecule has 0 radical (unpaired) electrons. The molecule has 1 aromatic rings. The zero-order valence-corrected chi connectivity index (χ0v) is 10.8. The van der Waals surface area contributed by atoms with Crippen molar-refractivity contribution in [3.63, 3.8) is 0 Å². The first-order valence-electron chi connectivity index (χ1n) is 6.63. The molecule has 100 valence electrons. The van der Waals surface area contributed by atoms with E-state index in [-0.39, 0.29) is 25.2 Å². The summed E-state index contributed by atoms with van der Waals surface area (Å²) in [6, 6.07) is 10.1. The van der Waals surface area contributed by atoms with Gasteiger partial charge in [0.15, 0.2) is 0 Å². The number of hydrogen-bond acceptors (Lipinski definition) is 3. The number of ether oxygens (including phenoxy) is 1. The van der Waals surface area contributed by atoms with Gasteiger partial charge < -0.3 is 14.9 Å². The minimum absolute atomic E-state index is 0.0485. The van der Waals surface area contributed by atoms with E-state index in [4.69, 9.17) is 9.84 Å². The van der Waals surface area contributed by atoms with Crippen molar-refractivity contribution < 1.29 is 14.9 Å². The third kappa shape index (κ3) is 3.31. The third-order valence-corrected chi connectivity index (χ3v) is 3.77. The van der Waals surface area contributed by atoms with Crippen LogP contribution in [-0.4, -0.2) is 29.5 Å². The lowest BCUT2D eigenvalue weighted by Crippen LogP contribution is -2.27. The molecule has 0 saturated heterocycles. The Labute approximate surface area is 108 Å². The molecule has 2 rings (SSSR count). The van der Waals surface area contributed by atoms with Gasteiger partial charge in [0.2, 0.25) is 0 Å². The fourth-order valence-corrected chi connectivity index (χ4v) is 2.46. The lowest BCUT2D eigenvalue weighted by atomic mass is 10.00. The van der Waals surface area contributed by atoms with E-state index in [9.17, 15) is 5.11 Å². The summed E-state index contributed by atoms with van der Waals surface area (Å²) in [6.07, 6.45) is 1.06. The average molecular weight is 250 g/mol. The van der Waals surface area contributed by atoms with E-state index in [1.807, 2.05) is 37.3 Å². The van der Waals surface area contributed by atoms with Gasteiger partial charge in [-0.3, -0.25) is 0 Å². The maximum Gasteiger partial charge on any atom is 0.0720 e. The maximum atomic E-state index is 9.30. The lowest BCUT2D eigenvalue weighted by molar-refractivity contribution is -0.0283. The van der Waals surface area contributed by atoms with Crippen LogP contribution in [0.4, 0.5) is 0 Å². The number of aliphatic hydroxyl groups is 2. The molecular formula is C15H22O3. The Kier molecular flexibility index (Phi) is 4.75. The highest BCUT2D eigenvalue weighted by Crippen LogP contribution is 2.44. The monoisotopic (exact) mass is 250 g/mol. The highest BCUT2D eigenvalue weighted by molar-refractivity contribution is 5.13. The first-order valence-corrected chi connectivity index (χ1v) is 6.63. The van der Waals surface area contributed by atoms with Crippen molar-refractivity contribution in [3.8, 4) is 0 Å². The van der Waals surface area contributed by atoms with Crippen molar-refractivity contribution in [2.45, 2.75) is 26.1 Å². The molecule has 18 heavy (non-hydrogen) atoms. The van der Waals surface area contributed by atoms with Crippen LogP contribution in [0.15, 0.2) is 30.3 Å². The number of aliphatic hydroxyl groups excluding tert-OH is 2. The van der Waals surface area contributed by atoms with Gasteiger partial charge in [0.05, 0.1) is 12.7 Å². The van der Waals surface area contributed by atoms with Crippen molar-refractivity contribution >= 4 is 0 Å². The summed E-state index contributed by atoms with van der Waals surface area (Å²) in [5.74, 6) is 0.885. The van der Waals surface area contributed by atoms with E-state index in [1.165, 1.54) is 0 Å². The van der Waals surface area contributed by atoms with Crippen molar-refractivity contribution in [2.75, 3.05) is 13.2 Å². The van der Waals surface area contributed by atoms with Crippen molar-refractivity contribution in [3.05, 3.63) is 35.9 Å². The molecule has 1 aromatic carbocycles. The molecule has 1 aliphatic rings. The normalized spacial score (nSPS) is 25.7. The van der Waals surface area contributed by atoms with Gasteiger partial charge in [-0.2, -0.15) is 0 Å². The molecule has 0 aliphatic heterocycles. The fourth-order valence-electron chi connectivity index (χ4n) is 2.46. The molecule has 0 spiro atoms. The van der Waals surface area contributed by atoms with E-state index >= 15 is 0 Å². The summed E-state index contributed by atoms with van der Waals surface area (Å²) in [6.45, 7) is 2.94. The van der Waals surface area contributed by atoms with Gasteiger partial charge in [0.1, 0.15) is 0 Å². The van der Waals surface area contributed by atoms with E-state index in [0.717, 1.165) is 12.0 Å². The summed E-state index contributed by atoms with van der Waals surface area (Å²) < 4.78 is 5.97. The molecule has 0 aromatic heterocycles. The molecule has 1 aliphatic carbocycles. The van der Waals surface area contributed by atoms with Crippen LogP contribution in [0.5, 0.6) is 0 Å². The minimum atomic E-state index is 0.0485. The Morgan fingerprint density at radius 1 is 1.28 bits per heavy atom. The van der Waals surface area contributed by atoms with Crippen LogP contribution in [0.1, 0.15) is 18.9 Å². The Morgan fingerprint density at radius 2 is 2.00 bits per heavy atom. The molecule has 3 nitrogen and oxygen atoms in total. The Morgan fingerprint density at radius 3 is 2.56 bits per heavy atom. The van der Waals surface area contributed by atoms with Crippen molar-refractivity contribution in [1.29, 1.82) is 0 Å². The van der Waals surface area contributed by atoms with Gasteiger partial charge in [-0.05, 0) is 23.8 Å². The SMILES string of the molecule is C[C@H](CO)[C@@H](OCc1ccccc1)[C@H]1C[C@@H]1CO. The first kappa shape index (κ1) is 13.5.